The SMILES string of the molecule is CCC(C)C(NC(=O)Cc1ccccc1F)C(=O)N[C@]1(C(=O)NC(C(=S)Nc2ccc(OC)c(C(=O)O)c2)C(C)CC)CCc2[nH]c3c(C(F)(F)F)cccc3c2C1. The number of thiocarbonyl (C=S) groups is 1. The van der Waals surface area contributed by atoms with Crippen molar-refractivity contribution >= 4 is 57.5 Å². The molecule has 6 N–H and O–H groups in total. The summed E-state index contributed by atoms with van der Waals surface area (Å²) in [6.07, 6.45) is -4.19. The fraction of sp³-hybridized carbons (Fsp3) is 0.405. The Hall–Kier alpha value is -5.51. The number of alkyl halides is 3. The molecule has 310 valence electrons. The van der Waals surface area contributed by atoms with Gasteiger partial charge in [0, 0.05) is 23.2 Å². The van der Waals surface area contributed by atoms with Gasteiger partial charge in [0.1, 0.15) is 33.7 Å². The van der Waals surface area contributed by atoms with E-state index < -0.39 is 64.8 Å². The van der Waals surface area contributed by atoms with Gasteiger partial charge in [-0.25, -0.2) is 9.18 Å². The highest BCUT2D eigenvalue weighted by Crippen LogP contribution is 2.40. The fourth-order valence-electron chi connectivity index (χ4n) is 7.27. The summed E-state index contributed by atoms with van der Waals surface area (Å²) in [4.78, 5) is 57.6. The molecule has 0 fully saturated rings. The zero-order chi connectivity index (χ0) is 42.5. The van der Waals surface area contributed by atoms with Gasteiger partial charge in [-0.05, 0) is 66.1 Å². The first kappa shape index (κ1) is 43.6. The van der Waals surface area contributed by atoms with Crippen LogP contribution in [0, 0.1) is 17.7 Å². The van der Waals surface area contributed by atoms with Crippen LogP contribution in [0.1, 0.15) is 79.7 Å². The van der Waals surface area contributed by atoms with E-state index in [1.807, 2.05) is 20.8 Å². The number of anilines is 1. The minimum Gasteiger partial charge on any atom is -0.496 e. The lowest BCUT2D eigenvalue weighted by atomic mass is 9.78. The van der Waals surface area contributed by atoms with E-state index in [9.17, 15) is 41.8 Å². The number of hydrogen-bond donors (Lipinski definition) is 6. The molecule has 4 aromatic rings. The molecule has 0 radical (unpaired) electrons. The van der Waals surface area contributed by atoms with Crippen molar-refractivity contribution in [1.82, 2.24) is 20.9 Å². The average Bonchev–Trinajstić information content (AvgIpc) is 3.56. The smallest absolute Gasteiger partial charge is 0.418 e. The summed E-state index contributed by atoms with van der Waals surface area (Å²) in [5, 5.41) is 21.7. The van der Waals surface area contributed by atoms with Crippen LogP contribution in [-0.2, 0) is 39.8 Å². The number of benzene rings is 3. The lowest BCUT2D eigenvalue weighted by molar-refractivity contribution is -0.137. The van der Waals surface area contributed by atoms with Crippen LogP contribution in [-0.4, -0.2) is 63.5 Å². The summed E-state index contributed by atoms with van der Waals surface area (Å²) < 4.78 is 62.0. The fourth-order valence-corrected chi connectivity index (χ4v) is 7.68. The zero-order valence-electron chi connectivity index (χ0n) is 32.7. The molecule has 3 aromatic carbocycles. The molecule has 1 heterocycles. The topological polar surface area (TPSA) is 162 Å². The van der Waals surface area contributed by atoms with E-state index in [-0.39, 0.29) is 64.4 Å². The summed E-state index contributed by atoms with van der Waals surface area (Å²) in [5.74, 6) is -4.41. The molecule has 4 unspecified atom stereocenters. The van der Waals surface area contributed by atoms with Crippen LogP contribution in [0.2, 0.25) is 0 Å². The van der Waals surface area contributed by atoms with Gasteiger partial charge in [-0.3, -0.25) is 14.4 Å². The number of rotatable bonds is 15. The molecule has 0 bridgehead atoms. The monoisotopic (exact) mass is 825 g/mol. The molecule has 3 amide bonds. The maximum absolute atomic E-state index is 14.9. The third-order valence-electron chi connectivity index (χ3n) is 11.0. The quantitative estimate of drug-likeness (QED) is 0.0546. The normalized spacial score (nSPS) is 17.3. The van der Waals surface area contributed by atoms with Gasteiger partial charge in [0.15, 0.2) is 0 Å². The summed E-state index contributed by atoms with van der Waals surface area (Å²) in [5.41, 5.74) is -1.51. The van der Waals surface area contributed by atoms with Crippen molar-refractivity contribution in [3.05, 3.63) is 94.4 Å². The lowest BCUT2D eigenvalue weighted by Gasteiger charge is -2.40. The molecule has 11 nitrogen and oxygen atoms in total. The number of aromatic carboxylic acids is 1. The Bertz CT molecular complexity index is 2210. The van der Waals surface area contributed by atoms with Gasteiger partial charge >= 0.3 is 12.1 Å². The number of H-pyrrole nitrogens is 1. The number of halogens is 4. The van der Waals surface area contributed by atoms with Gasteiger partial charge in [0.05, 0.1) is 30.7 Å². The predicted octanol–water partition coefficient (Wildman–Crippen LogP) is 7.12. The van der Waals surface area contributed by atoms with Crippen molar-refractivity contribution in [3.63, 3.8) is 0 Å². The van der Waals surface area contributed by atoms with Gasteiger partial charge < -0.3 is 36.1 Å². The molecule has 1 aliphatic carbocycles. The summed E-state index contributed by atoms with van der Waals surface area (Å²) in [6.45, 7) is 7.30. The van der Waals surface area contributed by atoms with Crippen LogP contribution in [0.25, 0.3) is 10.9 Å². The van der Waals surface area contributed by atoms with Crippen molar-refractivity contribution in [2.45, 2.75) is 90.0 Å². The van der Waals surface area contributed by atoms with Gasteiger partial charge in [-0.15, -0.1) is 0 Å². The van der Waals surface area contributed by atoms with Gasteiger partial charge in [-0.2, -0.15) is 13.2 Å². The molecule has 0 saturated heterocycles. The number of aromatic nitrogens is 1. The molecule has 0 spiro atoms. The van der Waals surface area contributed by atoms with Crippen molar-refractivity contribution in [2.75, 3.05) is 12.4 Å². The van der Waals surface area contributed by atoms with E-state index >= 15 is 0 Å². The molecule has 5 rings (SSSR count). The number of fused-ring (bicyclic) bond motifs is 3. The van der Waals surface area contributed by atoms with Gasteiger partial charge in [-0.1, -0.05) is 83.1 Å². The minimum atomic E-state index is -4.67. The Morgan fingerprint density at radius 1 is 0.966 bits per heavy atom. The molecule has 5 atom stereocenters. The van der Waals surface area contributed by atoms with Crippen molar-refractivity contribution in [3.8, 4) is 5.75 Å². The number of carbonyl (C=O) groups is 4. The maximum Gasteiger partial charge on any atom is 0.418 e. The Labute approximate surface area is 338 Å². The number of ether oxygens (including phenoxy) is 1. The minimum absolute atomic E-state index is 0.0317. The van der Waals surface area contributed by atoms with Crippen LogP contribution >= 0.6 is 12.2 Å². The van der Waals surface area contributed by atoms with Gasteiger partial charge in [0.2, 0.25) is 17.7 Å². The molecule has 1 aliphatic rings. The Kier molecular flexibility index (Phi) is 13.5. The van der Waals surface area contributed by atoms with E-state index in [2.05, 4.69) is 26.3 Å². The van der Waals surface area contributed by atoms with Crippen LogP contribution < -0.4 is 26.0 Å². The highest BCUT2D eigenvalue weighted by atomic mass is 32.1. The number of para-hydroxylation sites is 1. The number of carboxylic acid groups (broad SMARTS) is 1. The van der Waals surface area contributed by atoms with Crippen LogP contribution in [0.3, 0.4) is 0 Å². The Balaban J connectivity index is 1.52. The van der Waals surface area contributed by atoms with Crippen molar-refractivity contribution in [1.29, 1.82) is 0 Å². The van der Waals surface area contributed by atoms with Crippen LogP contribution in [0.15, 0.2) is 60.7 Å². The molecular weight excluding hydrogens is 779 g/mol. The van der Waals surface area contributed by atoms with Crippen LogP contribution in [0.5, 0.6) is 5.75 Å². The van der Waals surface area contributed by atoms with Crippen molar-refractivity contribution in [2.24, 2.45) is 11.8 Å². The second-order valence-electron chi connectivity index (χ2n) is 14.8. The summed E-state index contributed by atoms with van der Waals surface area (Å²) >= 11 is 5.80. The molecule has 0 saturated carbocycles. The molecule has 1 aromatic heterocycles. The first-order chi connectivity index (χ1) is 27.4. The lowest BCUT2D eigenvalue weighted by Crippen LogP contribution is -2.67. The highest BCUT2D eigenvalue weighted by Gasteiger charge is 2.47. The first-order valence-electron chi connectivity index (χ1n) is 19.0. The average molecular weight is 826 g/mol. The molecule has 58 heavy (non-hydrogen) atoms. The van der Waals surface area contributed by atoms with E-state index in [1.54, 1.807) is 19.1 Å². The first-order valence-corrected chi connectivity index (χ1v) is 19.4. The number of carbonyl (C=O) groups excluding carboxylic acids is 3. The summed E-state index contributed by atoms with van der Waals surface area (Å²) in [6, 6.07) is 11.9. The Morgan fingerprint density at radius 3 is 2.29 bits per heavy atom. The number of amides is 3. The number of aromatic amines is 1. The third-order valence-corrected chi connectivity index (χ3v) is 11.4. The molecule has 0 aliphatic heterocycles. The number of aryl methyl sites for hydroxylation is 1. The predicted molar refractivity (Wildman–Crippen MR) is 215 cm³/mol. The second kappa shape index (κ2) is 18.0. The van der Waals surface area contributed by atoms with Gasteiger partial charge in [0.25, 0.3) is 0 Å². The molecule has 16 heteroatoms. The largest absolute Gasteiger partial charge is 0.496 e. The highest BCUT2D eigenvalue weighted by molar-refractivity contribution is 7.80. The maximum atomic E-state index is 14.9. The number of carboxylic acids is 1. The zero-order valence-corrected chi connectivity index (χ0v) is 33.6. The van der Waals surface area contributed by atoms with E-state index in [1.165, 1.54) is 49.6 Å². The number of nitrogens with one attached hydrogen (secondary N) is 5. The van der Waals surface area contributed by atoms with Crippen LogP contribution in [0.4, 0.5) is 23.2 Å². The number of methoxy groups -OCH3 is 1. The van der Waals surface area contributed by atoms with E-state index in [4.69, 9.17) is 17.0 Å². The molecular formula is C42H47F4N5O6S. The summed E-state index contributed by atoms with van der Waals surface area (Å²) in [7, 11) is 1.34. The van der Waals surface area contributed by atoms with E-state index in [0.29, 0.717) is 29.8 Å². The van der Waals surface area contributed by atoms with Crippen molar-refractivity contribution < 1.29 is 46.6 Å². The number of hydrogen-bond acceptors (Lipinski definition) is 6. The Morgan fingerprint density at radius 2 is 1.66 bits per heavy atom. The third kappa shape index (κ3) is 9.43. The standard InChI is InChI=1S/C42H47F4N5O6S/c1-6-22(3)34(49-33(52)19-24-11-8-9-14-30(24)43)37(53)51-41(18-17-31-28(21-41)26-12-10-13-29(36(26)48-31)42(44,45)46)40(56)50-35(23(4)7-2)38(58)47-25-15-16-32(57-5)27(20-25)39(54)55/h8-16,20,22-23,34-35,48H,6-7,17-19,21H2,1-5H3,(H,47,58)(H,49,52)(H,50,56)(H,51,53)(H,54,55)/t22?,23?,34?,35?,41-/m1/s1. The van der Waals surface area contributed by atoms with E-state index in [0.717, 1.165) is 6.07 Å². The second-order valence-corrected chi connectivity index (χ2v) is 15.2.